The molecule has 1 aromatic heterocycles. The fourth-order valence-electron chi connectivity index (χ4n) is 4.22. The molecule has 1 atom stereocenters. The minimum absolute atomic E-state index is 0.000826. The number of esters is 1. The van der Waals surface area contributed by atoms with E-state index in [1.165, 1.54) is 31.4 Å². The molecule has 196 valence electrons. The Morgan fingerprint density at radius 3 is 2.61 bits per heavy atom. The second-order valence-electron chi connectivity index (χ2n) is 8.72. The Bertz CT molecular complexity index is 1500. The van der Waals surface area contributed by atoms with E-state index in [1.807, 2.05) is 19.1 Å². The van der Waals surface area contributed by atoms with E-state index in [9.17, 15) is 24.6 Å². The van der Waals surface area contributed by atoms with Gasteiger partial charge >= 0.3 is 11.9 Å². The molecule has 1 aliphatic heterocycles. The van der Waals surface area contributed by atoms with Gasteiger partial charge < -0.3 is 19.7 Å². The van der Waals surface area contributed by atoms with Gasteiger partial charge in [0.05, 0.1) is 24.4 Å². The summed E-state index contributed by atoms with van der Waals surface area (Å²) >= 11 is 0.896. The number of aryl methyl sites for hydroxylation is 3. The zero-order valence-electron chi connectivity index (χ0n) is 21.3. The third kappa shape index (κ3) is 4.66. The summed E-state index contributed by atoms with van der Waals surface area (Å²) in [6.45, 7) is 8.75. The van der Waals surface area contributed by atoms with Crippen LogP contribution >= 0.6 is 11.3 Å². The van der Waals surface area contributed by atoms with Crippen molar-refractivity contribution >= 4 is 39.9 Å². The second kappa shape index (κ2) is 10.5. The number of methoxy groups -OCH3 is 1. The van der Waals surface area contributed by atoms with Gasteiger partial charge in [0, 0.05) is 5.56 Å². The Labute approximate surface area is 223 Å². The van der Waals surface area contributed by atoms with Crippen LogP contribution in [0.15, 0.2) is 54.6 Å². The highest BCUT2D eigenvalue weighted by Gasteiger charge is 2.48. The van der Waals surface area contributed by atoms with Crippen LogP contribution in [0.5, 0.6) is 11.5 Å². The lowest BCUT2D eigenvalue weighted by Crippen LogP contribution is -2.29. The monoisotopic (exact) mass is 534 g/mol. The number of phenolic OH excluding ortho intramolecular Hbond substituents is 1. The number of phenols is 1. The number of ketones is 1. The largest absolute Gasteiger partial charge is 0.507 e. The number of aliphatic hydroxyl groups is 1. The van der Waals surface area contributed by atoms with Crippen molar-refractivity contribution in [1.29, 1.82) is 0 Å². The summed E-state index contributed by atoms with van der Waals surface area (Å²) in [5, 5.41) is 21.7. The van der Waals surface area contributed by atoms with Crippen molar-refractivity contribution in [2.75, 3.05) is 18.6 Å². The Kier molecular flexibility index (Phi) is 7.36. The summed E-state index contributed by atoms with van der Waals surface area (Å²) in [4.78, 5) is 45.2. The van der Waals surface area contributed by atoms with Crippen molar-refractivity contribution in [3.05, 3.63) is 87.5 Å². The number of aromatic nitrogens is 1. The number of nitrogens with zero attached hydrogens (tertiary/aromatic N) is 2. The maximum Gasteiger partial charge on any atom is 0.350 e. The normalized spacial score (nSPS) is 16.5. The first-order valence-electron chi connectivity index (χ1n) is 11.6. The van der Waals surface area contributed by atoms with Crippen LogP contribution in [0.1, 0.15) is 43.7 Å². The zero-order chi connectivity index (χ0) is 27.7. The predicted octanol–water partition coefficient (Wildman–Crippen LogP) is 4.75. The van der Waals surface area contributed by atoms with Crippen LogP contribution in [0.3, 0.4) is 0 Å². The highest BCUT2D eigenvalue weighted by molar-refractivity contribution is 7.17. The molecule has 3 aromatic rings. The number of carbonyl (C=O) groups excluding carboxylic acids is 3. The number of ether oxygens (including phenoxy) is 2. The first-order chi connectivity index (χ1) is 18.1. The van der Waals surface area contributed by atoms with Gasteiger partial charge in [-0.2, -0.15) is 0 Å². The second-order valence-corrected chi connectivity index (χ2v) is 9.69. The predicted molar refractivity (Wildman–Crippen MR) is 143 cm³/mol. The molecule has 1 saturated heterocycles. The first-order valence-corrected chi connectivity index (χ1v) is 12.4. The van der Waals surface area contributed by atoms with Crippen LogP contribution in [0.25, 0.3) is 5.76 Å². The molecule has 0 saturated carbocycles. The standard InChI is InChI=1S/C28H26N2O7S/c1-6-11-37-27(35)25-16(4)29-28(38-25)30-22(17-9-10-19(31)20(13-17)36-5)21(24(33)26(30)34)23(32)18-12-14(2)7-8-15(18)3/h6-10,12-13,22,31-32H,1,11H2,2-5H3. The number of hydrogen-bond acceptors (Lipinski definition) is 9. The van der Waals surface area contributed by atoms with Crippen molar-refractivity contribution in [2.24, 2.45) is 0 Å². The molecule has 2 heterocycles. The third-order valence-electron chi connectivity index (χ3n) is 6.12. The van der Waals surface area contributed by atoms with Gasteiger partial charge in [-0.1, -0.05) is 47.8 Å². The molecule has 0 bridgehead atoms. The van der Waals surface area contributed by atoms with Crippen LogP contribution in [0.4, 0.5) is 5.13 Å². The van der Waals surface area contributed by atoms with E-state index in [2.05, 4.69) is 11.6 Å². The van der Waals surface area contributed by atoms with E-state index >= 15 is 0 Å². The molecular weight excluding hydrogens is 508 g/mol. The molecule has 2 N–H and O–H groups in total. The fraction of sp³-hybridized carbons (Fsp3) is 0.214. The molecule has 0 radical (unpaired) electrons. The average Bonchev–Trinajstić information content (AvgIpc) is 3.40. The number of hydrogen-bond donors (Lipinski definition) is 2. The van der Waals surface area contributed by atoms with Gasteiger partial charge in [0.15, 0.2) is 16.6 Å². The molecule has 1 fully saturated rings. The van der Waals surface area contributed by atoms with Gasteiger partial charge in [0.2, 0.25) is 0 Å². The topological polar surface area (TPSA) is 126 Å². The number of benzene rings is 2. The Morgan fingerprint density at radius 1 is 1.18 bits per heavy atom. The van der Waals surface area contributed by atoms with Crippen LogP contribution in [-0.4, -0.2) is 46.6 Å². The first kappa shape index (κ1) is 26.6. The number of thiazole rings is 1. The van der Waals surface area contributed by atoms with Gasteiger partial charge in [-0.05, 0) is 50.1 Å². The van der Waals surface area contributed by atoms with Crippen LogP contribution in [0.2, 0.25) is 0 Å². The lowest BCUT2D eigenvalue weighted by atomic mass is 9.93. The molecule has 1 aliphatic rings. The van der Waals surface area contributed by atoms with Gasteiger partial charge in [0.1, 0.15) is 17.2 Å². The molecule has 2 aromatic carbocycles. The van der Waals surface area contributed by atoms with E-state index < -0.39 is 23.7 Å². The highest BCUT2D eigenvalue weighted by Crippen LogP contribution is 2.45. The summed E-state index contributed by atoms with van der Waals surface area (Å²) < 4.78 is 10.4. The number of rotatable bonds is 7. The van der Waals surface area contributed by atoms with Crippen molar-refractivity contribution in [3.63, 3.8) is 0 Å². The number of aliphatic hydroxyl groups excluding tert-OH is 1. The number of Topliss-reactive ketones (excluding diaryl/α,β-unsaturated/α-hetero) is 1. The molecule has 38 heavy (non-hydrogen) atoms. The number of amides is 1. The maximum atomic E-state index is 13.5. The summed E-state index contributed by atoms with van der Waals surface area (Å²) in [7, 11) is 1.37. The number of anilines is 1. The van der Waals surface area contributed by atoms with E-state index in [0.717, 1.165) is 21.8 Å². The third-order valence-corrected chi connectivity index (χ3v) is 7.26. The summed E-state index contributed by atoms with van der Waals surface area (Å²) in [5.41, 5.74) is 2.51. The summed E-state index contributed by atoms with van der Waals surface area (Å²) in [6.07, 6.45) is 1.43. The van der Waals surface area contributed by atoms with Gasteiger partial charge in [-0.25, -0.2) is 9.78 Å². The van der Waals surface area contributed by atoms with Crippen LogP contribution in [-0.2, 0) is 14.3 Å². The van der Waals surface area contributed by atoms with E-state index in [0.29, 0.717) is 22.4 Å². The fourth-order valence-corrected chi connectivity index (χ4v) is 5.21. The Balaban J connectivity index is 1.95. The number of carbonyl (C=O) groups is 3. The molecular formula is C28H26N2O7S. The SMILES string of the molecule is C=CCOC(=O)c1sc(N2C(=O)C(=O)C(=C(O)c3cc(C)ccc3C)C2c2ccc(O)c(OC)c2)nc1C. The van der Waals surface area contributed by atoms with E-state index in [1.54, 1.807) is 19.9 Å². The molecule has 0 aliphatic carbocycles. The lowest BCUT2D eigenvalue weighted by molar-refractivity contribution is -0.132. The van der Waals surface area contributed by atoms with Gasteiger partial charge in [0.25, 0.3) is 5.78 Å². The summed E-state index contributed by atoms with van der Waals surface area (Å²) in [5.74, 6) is -2.84. The zero-order valence-corrected chi connectivity index (χ0v) is 22.1. The maximum absolute atomic E-state index is 13.5. The smallest absolute Gasteiger partial charge is 0.350 e. The summed E-state index contributed by atoms with van der Waals surface area (Å²) in [6, 6.07) is 8.67. The quantitative estimate of drug-likeness (QED) is 0.146. The molecule has 4 rings (SSSR count). The average molecular weight is 535 g/mol. The molecule has 0 spiro atoms. The molecule has 1 amide bonds. The molecule has 10 heteroatoms. The van der Waals surface area contributed by atoms with Crippen molar-refractivity contribution in [1.82, 2.24) is 4.98 Å². The van der Waals surface area contributed by atoms with Crippen molar-refractivity contribution in [3.8, 4) is 11.5 Å². The van der Waals surface area contributed by atoms with Gasteiger partial charge in [-0.3, -0.25) is 14.5 Å². The van der Waals surface area contributed by atoms with E-state index in [4.69, 9.17) is 9.47 Å². The van der Waals surface area contributed by atoms with Crippen molar-refractivity contribution < 1.29 is 34.1 Å². The van der Waals surface area contributed by atoms with Crippen LogP contribution in [0, 0.1) is 20.8 Å². The minimum Gasteiger partial charge on any atom is -0.507 e. The van der Waals surface area contributed by atoms with Crippen molar-refractivity contribution in [2.45, 2.75) is 26.8 Å². The minimum atomic E-state index is -1.12. The van der Waals surface area contributed by atoms with Crippen LogP contribution < -0.4 is 9.64 Å². The number of aromatic hydroxyl groups is 1. The van der Waals surface area contributed by atoms with E-state index in [-0.39, 0.29) is 39.4 Å². The molecule has 1 unspecified atom stereocenters. The molecule has 9 nitrogen and oxygen atoms in total. The van der Waals surface area contributed by atoms with Gasteiger partial charge in [-0.15, -0.1) is 0 Å². The Morgan fingerprint density at radius 2 is 1.92 bits per heavy atom. The highest BCUT2D eigenvalue weighted by atomic mass is 32.1. The lowest BCUT2D eigenvalue weighted by Gasteiger charge is -2.23. The Hall–Kier alpha value is -4.44.